The monoisotopic (exact) mass is 307 g/mol. The van der Waals surface area contributed by atoms with Gasteiger partial charge < -0.3 is 5.32 Å². The minimum atomic E-state index is -2.73. The zero-order valence-electron chi connectivity index (χ0n) is 12.0. The van der Waals surface area contributed by atoms with Crippen molar-refractivity contribution >= 4 is 5.91 Å². The number of amides is 1. The van der Waals surface area contributed by atoms with Crippen molar-refractivity contribution in [1.29, 1.82) is 0 Å². The van der Waals surface area contributed by atoms with Crippen LogP contribution in [0.4, 0.5) is 8.78 Å². The fraction of sp³-hybridized carbons (Fsp3) is 0.429. The largest absolute Gasteiger partial charge is 0.345 e. The van der Waals surface area contributed by atoms with E-state index in [1.807, 2.05) is 13.2 Å². The van der Waals surface area contributed by atoms with E-state index in [1.165, 1.54) is 0 Å². The number of aryl methyl sites for hydroxylation is 1. The SMILES string of the molecule is Cn1ncc(C2CC2)c1CNC(=O)c1cc(C(F)F)ncn1. The van der Waals surface area contributed by atoms with E-state index in [0.717, 1.165) is 36.5 Å². The Kier molecular flexibility index (Phi) is 3.82. The first-order valence-electron chi connectivity index (χ1n) is 6.95. The Morgan fingerprint density at radius 2 is 2.23 bits per heavy atom. The van der Waals surface area contributed by atoms with Gasteiger partial charge in [0.15, 0.2) is 0 Å². The molecule has 8 heteroatoms. The van der Waals surface area contributed by atoms with Gasteiger partial charge in [-0.25, -0.2) is 18.7 Å². The number of nitrogens with one attached hydrogen (secondary N) is 1. The first-order valence-corrected chi connectivity index (χ1v) is 6.95. The van der Waals surface area contributed by atoms with Gasteiger partial charge in [-0.2, -0.15) is 5.10 Å². The van der Waals surface area contributed by atoms with Gasteiger partial charge in [-0.15, -0.1) is 0 Å². The van der Waals surface area contributed by atoms with E-state index in [0.29, 0.717) is 5.92 Å². The summed E-state index contributed by atoms with van der Waals surface area (Å²) < 4.78 is 26.9. The highest BCUT2D eigenvalue weighted by Gasteiger charge is 2.28. The zero-order chi connectivity index (χ0) is 15.7. The fourth-order valence-corrected chi connectivity index (χ4v) is 2.30. The van der Waals surface area contributed by atoms with Crippen LogP contribution in [-0.4, -0.2) is 25.7 Å². The van der Waals surface area contributed by atoms with Gasteiger partial charge in [-0.05, 0) is 30.4 Å². The number of hydrogen-bond acceptors (Lipinski definition) is 4. The maximum Gasteiger partial charge on any atom is 0.280 e. The Balaban J connectivity index is 1.70. The number of halogens is 2. The molecule has 1 aliphatic carbocycles. The standard InChI is InChI=1S/C14H15F2N5O/c1-21-12(9(5-20-21)8-2-3-8)6-17-14(22)11-4-10(13(15)16)18-7-19-11/h4-5,7-8,13H,2-3,6H2,1H3,(H,17,22). The van der Waals surface area contributed by atoms with E-state index in [4.69, 9.17) is 0 Å². The molecule has 2 heterocycles. The topological polar surface area (TPSA) is 72.7 Å². The van der Waals surface area contributed by atoms with Gasteiger partial charge in [0.1, 0.15) is 17.7 Å². The average Bonchev–Trinajstić information content (AvgIpc) is 3.29. The highest BCUT2D eigenvalue weighted by Crippen LogP contribution is 2.41. The molecule has 0 aromatic carbocycles. The molecule has 0 atom stereocenters. The van der Waals surface area contributed by atoms with Gasteiger partial charge in [-0.1, -0.05) is 0 Å². The lowest BCUT2D eigenvalue weighted by Crippen LogP contribution is -2.25. The molecule has 1 aliphatic rings. The molecular formula is C14H15F2N5O. The number of nitrogens with zero attached hydrogens (tertiary/aromatic N) is 4. The van der Waals surface area contributed by atoms with E-state index in [-0.39, 0.29) is 12.2 Å². The van der Waals surface area contributed by atoms with E-state index < -0.39 is 18.0 Å². The summed E-state index contributed by atoms with van der Waals surface area (Å²) in [5, 5.41) is 6.90. The van der Waals surface area contributed by atoms with Crippen LogP contribution in [0.1, 0.15) is 52.6 Å². The normalized spacial score (nSPS) is 14.4. The molecule has 0 unspecified atom stereocenters. The van der Waals surface area contributed by atoms with Crippen LogP contribution in [0.15, 0.2) is 18.6 Å². The Labute approximate surface area is 125 Å². The molecule has 22 heavy (non-hydrogen) atoms. The lowest BCUT2D eigenvalue weighted by atomic mass is 10.1. The summed E-state index contributed by atoms with van der Waals surface area (Å²) in [5.41, 5.74) is 1.54. The second-order valence-corrected chi connectivity index (χ2v) is 5.26. The molecule has 0 aliphatic heterocycles. The Morgan fingerprint density at radius 1 is 1.45 bits per heavy atom. The van der Waals surface area contributed by atoms with Crippen molar-refractivity contribution < 1.29 is 13.6 Å². The van der Waals surface area contributed by atoms with E-state index in [1.54, 1.807) is 4.68 Å². The van der Waals surface area contributed by atoms with E-state index >= 15 is 0 Å². The third kappa shape index (κ3) is 2.95. The van der Waals surface area contributed by atoms with E-state index in [9.17, 15) is 13.6 Å². The number of carbonyl (C=O) groups excluding carboxylic acids is 1. The predicted octanol–water partition coefficient (Wildman–Crippen LogP) is 1.96. The number of carbonyl (C=O) groups is 1. The smallest absolute Gasteiger partial charge is 0.280 e. The Bertz CT molecular complexity index is 696. The second-order valence-electron chi connectivity index (χ2n) is 5.26. The first-order chi connectivity index (χ1) is 10.6. The molecule has 0 bridgehead atoms. The van der Waals surface area contributed by atoms with Crippen molar-refractivity contribution in [2.75, 3.05) is 0 Å². The molecule has 6 nitrogen and oxygen atoms in total. The minimum absolute atomic E-state index is 0.0690. The van der Waals surface area contributed by atoms with Crippen LogP contribution < -0.4 is 5.32 Å². The van der Waals surface area contributed by atoms with Crippen LogP contribution in [0, 0.1) is 0 Å². The summed E-state index contributed by atoms with van der Waals surface area (Å²) in [6.07, 6.45) is 2.33. The van der Waals surface area contributed by atoms with Crippen molar-refractivity contribution in [2.24, 2.45) is 7.05 Å². The Hall–Kier alpha value is -2.38. The molecule has 1 saturated carbocycles. The van der Waals surface area contributed by atoms with Crippen LogP contribution in [-0.2, 0) is 13.6 Å². The zero-order valence-corrected chi connectivity index (χ0v) is 12.0. The summed E-state index contributed by atoms with van der Waals surface area (Å²) in [4.78, 5) is 19.2. The fourth-order valence-electron chi connectivity index (χ4n) is 2.30. The maximum atomic E-state index is 12.6. The lowest BCUT2D eigenvalue weighted by Gasteiger charge is -2.08. The van der Waals surface area contributed by atoms with Gasteiger partial charge in [0.2, 0.25) is 0 Å². The molecule has 0 saturated heterocycles. The number of alkyl halides is 2. The highest BCUT2D eigenvalue weighted by molar-refractivity contribution is 5.92. The van der Waals surface area contributed by atoms with Gasteiger partial charge in [-0.3, -0.25) is 9.48 Å². The molecule has 116 valence electrons. The van der Waals surface area contributed by atoms with Gasteiger partial charge in [0.25, 0.3) is 12.3 Å². The minimum Gasteiger partial charge on any atom is -0.345 e. The Morgan fingerprint density at radius 3 is 2.91 bits per heavy atom. The maximum absolute atomic E-state index is 12.6. The molecular weight excluding hydrogens is 292 g/mol. The van der Waals surface area contributed by atoms with Crippen molar-refractivity contribution in [3.8, 4) is 0 Å². The second kappa shape index (κ2) is 5.78. The number of hydrogen-bond donors (Lipinski definition) is 1. The van der Waals surface area contributed by atoms with E-state index in [2.05, 4.69) is 20.4 Å². The lowest BCUT2D eigenvalue weighted by molar-refractivity contribution is 0.0943. The summed E-state index contributed by atoms with van der Waals surface area (Å²) in [5.74, 6) is 0.0114. The molecule has 2 aromatic heterocycles. The third-order valence-corrected chi connectivity index (χ3v) is 3.67. The molecule has 3 rings (SSSR count). The van der Waals surface area contributed by atoms with Crippen molar-refractivity contribution in [3.63, 3.8) is 0 Å². The quantitative estimate of drug-likeness (QED) is 0.916. The molecule has 0 radical (unpaired) electrons. The van der Waals surface area contributed by atoms with Crippen LogP contribution in [0.5, 0.6) is 0 Å². The summed E-state index contributed by atoms with van der Waals surface area (Å²) in [7, 11) is 1.81. The van der Waals surface area contributed by atoms with Crippen LogP contribution in [0.2, 0.25) is 0 Å². The molecule has 1 N–H and O–H groups in total. The third-order valence-electron chi connectivity index (χ3n) is 3.67. The van der Waals surface area contributed by atoms with Crippen molar-refractivity contribution in [1.82, 2.24) is 25.1 Å². The van der Waals surface area contributed by atoms with Gasteiger partial charge >= 0.3 is 0 Å². The van der Waals surface area contributed by atoms with Gasteiger partial charge in [0.05, 0.1) is 18.4 Å². The summed E-state index contributed by atoms with van der Waals surface area (Å²) >= 11 is 0. The molecule has 1 amide bonds. The highest BCUT2D eigenvalue weighted by atomic mass is 19.3. The first kappa shape index (κ1) is 14.6. The van der Waals surface area contributed by atoms with Crippen molar-refractivity contribution in [2.45, 2.75) is 31.7 Å². The molecule has 0 spiro atoms. The summed E-state index contributed by atoms with van der Waals surface area (Å²) in [6.45, 7) is 0.287. The van der Waals surface area contributed by atoms with Crippen LogP contribution in [0.25, 0.3) is 0 Å². The van der Waals surface area contributed by atoms with Crippen LogP contribution in [0.3, 0.4) is 0 Å². The van der Waals surface area contributed by atoms with Gasteiger partial charge in [0, 0.05) is 7.05 Å². The van der Waals surface area contributed by atoms with Crippen molar-refractivity contribution in [3.05, 3.63) is 41.2 Å². The molecule has 1 fully saturated rings. The number of aromatic nitrogens is 4. The summed E-state index contributed by atoms with van der Waals surface area (Å²) in [6, 6.07) is 1.01. The van der Waals surface area contributed by atoms with Crippen LogP contribution >= 0.6 is 0 Å². The number of rotatable bonds is 5. The molecule has 2 aromatic rings. The average molecular weight is 307 g/mol. The predicted molar refractivity (Wildman–Crippen MR) is 73.3 cm³/mol.